The van der Waals surface area contributed by atoms with E-state index < -0.39 is 0 Å². The number of aromatic nitrogens is 2. The second-order valence-corrected chi connectivity index (χ2v) is 6.76. The van der Waals surface area contributed by atoms with Crippen LogP contribution in [0.3, 0.4) is 0 Å². The van der Waals surface area contributed by atoms with Gasteiger partial charge in [-0.3, -0.25) is 19.1 Å². The summed E-state index contributed by atoms with van der Waals surface area (Å²) < 4.78 is 1.71. The molecule has 0 bridgehead atoms. The molecule has 6 nitrogen and oxygen atoms in total. The van der Waals surface area contributed by atoms with Gasteiger partial charge in [0.25, 0.3) is 5.91 Å². The average Bonchev–Trinajstić information content (AvgIpc) is 2.94. The van der Waals surface area contributed by atoms with Gasteiger partial charge < -0.3 is 10.6 Å². The molecule has 26 heavy (non-hydrogen) atoms. The van der Waals surface area contributed by atoms with Crippen LogP contribution in [0.4, 0.5) is 5.69 Å². The maximum atomic E-state index is 13.3. The first kappa shape index (κ1) is 16.3. The van der Waals surface area contributed by atoms with Gasteiger partial charge >= 0.3 is 0 Å². The number of carbonyl (C=O) groups excluding carboxylic acids is 2. The van der Waals surface area contributed by atoms with Crippen molar-refractivity contribution in [1.29, 1.82) is 0 Å². The molecule has 1 aliphatic heterocycles. The van der Waals surface area contributed by atoms with E-state index in [0.29, 0.717) is 30.8 Å². The van der Waals surface area contributed by atoms with Gasteiger partial charge in [0.2, 0.25) is 5.91 Å². The van der Waals surface area contributed by atoms with Crippen LogP contribution in [0.2, 0.25) is 0 Å². The van der Waals surface area contributed by atoms with Gasteiger partial charge in [-0.2, -0.15) is 0 Å². The summed E-state index contributed by atoms with van der Waals surface area (Å²) in [7, 11) is 0. The highest BCUT2D eigenvalue weighted by Gasteiger charge is 2.25. The number of hydrogen-bond donors (Lipinski definition) is 1. The van der Waals surface area contributed by atoms with Crippen molar-refractivity contribution >= 4 is 28.4 Å². The lowest BCUT2D eigenvalue weighted by molar-refractivity contribution is -0.129. The van der Waals surface area contributed by atoms with Crippen LogP contribution >= 0.6 is 0 Å². The van der Waals surface area contributed by atoms with Crippen molar-refractivity contribution in [2.75, 3.05) is 12.3 Å². The predicted molar refractivity (Wildman–Crippen MR) is 99.8 cm³/mol. The Hall–Kier alpha value is -3.15. The first-order chi connectivity index (χ1) is 12.5. The zero-order chi connectivity index (χ0) is 18.4. The lowest BCUT2D eigenvalue weighted by Crippen LogP contribution is -2.35. The molecule has 2 aromatic heterocycles. The van der Waals surface area contributed by atoms with Gasteiger partial charge in [-0.15, -0.1) is 0 Å². The first-order valence-electron chi connectivity index (χ1n) is 8.59. The van der Waals surface area contributed by atoms with Crippen LogP contribution in [0.15, 0.2) is 36.7 Å². The molecule has 0 radical (unpaired) electrons. The maximum absolute atomic E-state index is 13.3. The minimum Gasteiger partial charge on any atom is -0.399 e. The van der Waals surface area contributed by atoms with E-state index in [1.165, 1.54) is 0 Å². The Balaban J connectivity index is 1.80. The number of carbonyl (C=O) groups is 2. The number of rotatable bonds is 1. The highest BCUT2D eigenvalue weighted by molar-refractivity contribution is 6.04. The summed E-state index contributed by atoms with van der Waals surface area (Å²) in [5, 5.41) is 0.941. The second kappa shape index (κ2) is 5.98. The van der Waals surface area contributed by atoms with Gasteiger partial charge in [0, 0.05) is 49.2 Å². The Bertz CT molecular complexity index is 1050. The number of nitrogens with two attached hydrogens (primary N) is 1. The number of nitrogens with zero attached hydrogens (tertiary/aromatic N) is 3. The smallest absolute Gasteiger partial charge is 0.264 e. The summed E-state index contributed by atoms with van der Waals surface area (Å²) in [5.41, 5.74) is 10.7. The quantitative estimate of drug-likeness (QED) is 0.685. The number of aryl methyl sites for hydroxylation is 1. The fourth-order valence-corrected chi connectivity index (χ4v) is 3.71. The van der Waals surface area contributed by atoms with E-state index in [9.17, 15) is 9.59 Å². The zero-order valence-electron chi connectivity index (χ0n) is 14.8. The van der Waals surface area contributed by atoms with Crippen LogP contribution in [0.1, 0.15) is 34.1 Å². The molecule has 0 aliphatic carbocycles. The predicted octanol–water partition coefficient (Wildman–Crippen LogP) is 2.52. The molecule has 1 amide bonds. The van der Waals surface area contributed by atoms with E-state index in [-0.39, 0.29) is 11.8 Å². The van der Waals surface area contributed by atoms with Gasteiger partial charge in [-0.25, -0.2) is 0 Å². The lowest BCUT2D eigenvalue weighted by Gasteiger charge is -2.28. The van der Waals surface area contributed by atoms with Gasteiger partial charge in [0.05, 0.1) is 11.1 Å². The van der Waals surface area contributed by atoms with Crippen LogP contribution in [0, 0.1) is 6.92 Å². The molecule has 6 heteroatoms. The number of fused-ring (bicyclic) bond motifs is 2. The van der Waals surface area contributed by atoms with E-state index in [1.54, 1.807) is 34.9 Å². The number of pyridine rings is 1. The summed E-state index contributed by atoms with van der Waals surface area (Å²) in [5.74, 6) is -0.0555. The van der Waals surface area contributed by atoms with Crippen molar-refractivity contribution in [3.63, 3.8) is 0 Å². The Kier molecular flexibility index (Phi) is 3.76. The van der Waals surface area contributed by atoms with Crippen LogP contribution in [-0.2, 0) is 17.8 Å². The number of hydrogen-bond acceptors (Lipinski definition) is 4. The summed E-state index contributed by atoms with van der Waals surface area (Å²) in [6.07, 6.45) is 4.04. The van der Waals surface area contributed by atoms with Gasteiger partial charge in [-0.05, 0) is 48.7 Å². The molecule has 0 atom stereocenters. The topological polar surface area (TPSA) is 81.2 Å². The van der Waals surface area contributed by atoms with Crippen molar-refractivity contribution in [3.05, 3.63) is 59.0 Å². The fraction of sp³-hybridized carbons (Fsp3) is 0.250. The average molecular weight is 348 g/mol. The normalized spacial score (nSPS) is 13.7. The number of anilines is 1. The van der Waals surface area contributed by atoms with Gasteiger partial charge in [0.1, 0.15) is 0 Å². The van der Waals surface area contributed by atoms with Gasteiger partial charge in [-0.1, -0.05) is 0 Å². The highest BCUT2D eigenvalue weighted by Crippen LogP contribution is 2.26. The fourth-order valence-electron chi connectivity index (χ4n) is 3.71. The monoisotopic (exact) mass is 348 g/mol. The van der Waals surface area contributed by atoms with E-state index in [1.807, 2.05) is 25.1 Å². The molecule has 0 spiro atoms. The van der Waals surface area contributed by atoms with Crippen molar-refractivity contribution in [1.82, 2.24) is 14.5 Å². The third-order valence-electron chi connectivity index (χ3n) is 5.03. The largest absolute Gasteiger partial charge is 0.399 e. The second-order valence-electron chi connectivity index (χ2n) is 6.76. The first-order valence-corrected chi connectivity index (χ1v) is 8.59. The molecule has 3 heterocycles. The molecule has 1 aliphatic rings. The number of benzene rings is 1. The van der Waals surface area contributed by atoms with Crippen LogP contribution in [-0.4, -0.2) is 32.8 Å². The van der Waals surface area contributed by atoms with E-state index in [4.69, 9.17) is 5.73 Å². The van der Waals surface area contributed by atoms with Crippen molar-refractivity contribution in [2.45, 2.75) is 26.8 Å². The maximum Gasteiger partial charge on any atom is 0.264 e. The minimum atomic E-state index is -0.0945. The lowest BCUT2D eigenvalue weighted by atomic mass is 9.96. The highest BCUT2D eigenvalue weighted by atomic mass is 16.2. The Morgan fingerprint density at radius 1 is 1.19 bits per heavy atom. The molecule has 0 unspecified atom stereocenters. The number of amides is 1. The zero-order valence-corrected chi connectivity index (χ0v) is 14.8. The summed E-state index contributed by atoms with van der Waals surface area (Å²) in [4.78, 5) is 31.0. The standard InChI is InChI=1S/C20H20N4O2/c1-12-7-14-8-16(21)3-4-19(14)24(12)20(26)18-10-22-9-15-11-23(13(2)25)6-5-17(15)18/h3-4,7-10H,5-6,11,21H2,1-2H3. The van der Waals surface area contributed by atoms with E-state index in [2.05, 4.69) is 4.98 Å². The summed E-state index contributed by atoms with van der Waals surface area (Å²) in [6.45, 7) is 4.60. The Morgan fingerprint density at radius 2 is 2.00 bits per heavy atom. The van der Waals surface area contributed by atoms with Crippen LogP contribution in [0.25, 0.3) is 10.9 Å². The molecule has 1 aromatic carbocycles. The minimum absolute atomic E-state index is 0.0391. The molecular formula is C20H20N4O2. The summed E-state index contributed by atoms with van der Waals surface area (Å²) in [6, 6.07) is 7.50. The van der Waals surface area contributed by atoms with Crippen LogP contribution < -0.4 is 5.73 Å². The van der Waals surface area contributed by atoms with E-state index >= 15 is 0 Å². The third-order valence-corrected chi connectivity index (χ3v) is 5.03. The third kappa shape index (κ3) is 2.54. The Labute approximate surface area is 151 Å². The summed E-state index contributed by atoms with van der Waals surface area (Å²) >= 11 is 0. The number of nitrogen functional groups attached to an aromatic ring is 1. The molecule has 0 fully saturated rings. The van der Waals surface area contributed by atoms with Crippen LogP contribution in [0.5, 0.6) is 0 Å². The molecule has 132 valence electrons. The molecule has 0 saturated carbocycles. The SMILES string of the molecule is CC(=O)N1CCc2c(cncc2C(=O)n2c(C)cc3cc(N)ccc32)C1. The molecule has 3 aromatic rings. The van der Waals surface area contributed by atoms with Crippen molar-refractivity contribution in [3.8, 4) is 0 Å². The van der Waals surface area contributed by atoms with E-state index in [0.717, 1.165) is 27.7 Å². The molecule has 0 saturated heterocycles. The molecule has 2 N–H and O–H groups in total. The van der Waals surface area contributed by atoms with Crippen molar-refractivity contribution in [2.24, 2.45) is 0 Å². The van der Waals surface area contributed by atoms with Crippen molar-refractivity contribution < 1.29 is 9.59 Å². The molecular weight excluding hydrogens is 328 g/mol. The molecule has 4 rings (SSSR count). The van der Waals surface area contributed by atoms with Gasteiger partial charge in [0.15, 0.2) is 0 Å². The Morgan fingerprint density at radius 3 is 2.77 bits per heavy atom.